The zero-order valence-corrected chi connectivity index (χ0v) is 12.1. The van der Waals surface area contributed by atoms with Gasteiger partial charge in [-0.2, -0.15) is 0 Å². The Morgan fingerprint density at radius 3 is 2.44 bits per heavy atom. The monoisotopic (exact) mass is 248 g/mol. The Morgan fingerprint density at radius 1 is 1.28 bits per heavy atom. The summed E-state index contributed by atoms with van der Waals surface area (Å²) in [4.78, 5) is 11.9. The van der Waals surface area contributed by atoms with Gasteiger partial charge < -0.3 is 11.1 Å². The van der Waals surface area contributed by atoms with Gasteiger partial charge in [0, 0.05) is 6.42 Å². The van der Waals surface area contributed by atoms with E-state index in [2.05, 4.69) is 26.1 Å². The van der Waals surface area contributed by atoms with Crippen LogP contribution in [0.4, 0.5) is 11.4 Å². The Hall–Kier alpha value is -1.51. The summed E-state index contributed by atoms with van der Waals surface area (Å²) in [7, 11) is 0. The summed E-state index contributed by atoms with van der Waals surface area (Å²) in [6, 6.07) is 3.80. The summed E-state index contributed by atoms with van der Waals surface area (Å²) in [6.07, 6.45) is 1.39. The van der Waals surface area contributed by atoms with E-state index < -0.39 is 0 Å². The third kappa shape index (κ3) is 4.06. The van der Waals surface area contributed by atoms with Gasteiger partial charge in [0.05, 0.1) is 11.4 Å². The number of anilines is 2. The molecule has 0 radical (unpaired) electrons. The molecule has 0 bridgehead atoms. The number of amides is 1. The molecule has 3 nitrogen and oxygen atoms in total. The number of nitrogens with one attached hydrogen (secondary N) is 1. The van der Waals surface area contributed by atoms with Crippen LogP contribution < -0.4 is 11.1 Å². The van der Waals surface area contributed by atoms with Crippen LogP contribution in [0.1, 0.15) is 44.7 Å². The second kappa shape index (κ2) is 5.42. The number of carbonyl (C=O) groups excluding carboxylic acids is 1. The highest BCUT2D eigenvalue weighted by molar-refractivity contribution is 5.95. The fourth-order valence-corrected chi connectivity index (χ4v) is 1.69. The summed E-state index contributed by atoms with van der Waals surface area (Å²) < 4.78 is 0. The third-order valence-electron chi connectivity index (χ3n) is 3.13. The molecule has 100 valence electrons. The Kier molecular flexibility index (Phi) is 4.38. The summed E-state index contributed by atoms with van der Waals surface area (Å²) in [5.41, 5.74) is 9.64. The molecule has 1 aromatic carbocycles. The lowest BCUT2D eigenvalue weighted by molar-refractivity contribution is -0.116. The van der Waals surface area contributed by atoms with Gasteiger partial charge in [0.1, 0.15) is 0 Å². The summed E-state index contributed by atoms with van der Waals surface area (Å²) in [6.45, 7) is 10.4. The molecule has 3 heteroatoms. The van der Waals surface area contributed by atoms with Crippen LogP contribution in [0, 0.1) is 19.3 Å². The van der Waals surface area contributed by atoms with Gasteiger partial charge in [-0.25, -0.2) is 0 Å². The Morgan fingerprint density at radius 2 is 1.89 bits per heavy atom. The molecule has 0 saturated carbocycles. The number of benzene rings is 1. The number of rotatable bonds is 3. The van der Waals surface area contributed by atoms with E-state index in [0.717, 1.165) is 23.2 Å². The van der Waals surface area contributed by atoms with Crippen LogP contribution in [0.25, 0.3) is 0 Å². The Bertz CT molecular complexity index is 445. The maximum absolute atomic E-state index is 11.9. The fourth-order valence-electron chi connectivity index (χ4n) is 1.69. The SMILES string of the molecule is Cc1ccc(N)c(NC(=O)CCC(C)(C)C)c1C. The predicted molar refractivity (Wildman–Crippen MR) is 77.6 cm³/mol. The standard InChI is InChI=1S/C15H24N2O/c1-10-6-7-12(16)14(11(10)2)17-13(18)8-9-15(3,4)5/h6-7H,8-9,16H2,1-5H3,(H,17,18). The lowest BCUT2D eigenvalue weighted by Gasteiger charge is -2.18. The van der Waals surface area contributed by atoms with Gasteiger partial charge in [-0.05, 0) is 42.9 Å². The molecule has 0 aliphatic heterocycles. The average molecular weight is 248 g/mol. The molecule has 1 aromatic rings. The molecule has 0 aliphatic rings. The minimum Gasteiger partial charge on any atom is -0.397 e. The fraction of sp³-hybridized carbons (Fsp3) is 0.533. The quantitative estimate of drug-likeness (QED) is 0.802. The van der Waals surface area contributed by atoms with Crippen LogP contribution in [0.2, 0.25) is 0 Å². The molecule has 0 saturated heterocycles. The highest BCUT2D eigenvalue weighted by Crippen LogP contribution is 2.27. The molecule has 1 rings (SSSR count). The van der Waals surface area contributed by atoms with Gasteiger partial charge in [0.2, 0.25) is 5.91 Å². The van der Waals surface area contributed by atoms with Gasteiger partial charge in [-0.15, -0.1) is 0 Å². The molecular weight excluding hydrogens is 224 g/mol. The summed E-state index contributed by atoms with van der Waals surface area (Å²) >= 11 is 0. The van der Waals surface area contributed by atoms with Crippen molar-refractivity contribution < 1.29 is 4.79 Å². The first-order valence-corrected chi connectivity index (χ1v) is 6.36. The number of carbonyl (C=O) groups is 1. The highest BCUT2D eigenvalue weighted by Gasteiger charge is 2.14. The van der Waals surface area contributed by atoms with E-state index in [1.54, 1.807) is 0 Å². The second-order valence-corrected chi connectivity index (χ2v) is 6.08. The van der Waals surface area contributed by atoms with E-state index in [1.807, 2.05) is 26.0 Å². The topological polar surface area (TPSA) is 55.1 Å². The molecule has 18 heavy (non-hydrogen) atoms. The Balaban J connectivity index is 2.74. The predicted octanol–water partition coefficient (Wildman–Crippen LogP) is 3.65. The van der Waals surface area contributed by atoms with Crippen molar-refractivity contribution in [3.05, 3.63) is 23.3 Å². The van der Waals surface area contributed by atoms with Gasteiger partial charge in [-0.1, -0.05) is 26.8 Å². The first kappa shape index (κ1) is 14.6. The van der Waals surface area contributed by atoms with Crippen LogP contribution in [0.5, 0.6) is 0 Å². The Labute approximate surface area is 110 Å². The van der Waals surface area contributed by atoms with Crippen molar-refractivity contribution >= 4 is 17.3 Å². The average Bonchev–Trinajstić information content (AvgIpc) is 2.26. The smallest absolute Gasteiger partial charge is 0.224 e. The largest absolute Gasteiger partial charge is 0.397 e. The molecule has 0 aliphatic carbocycles. The molecular formula is C15H24N2O. The number of hydrogen-bond acceptors (Lipinski definition) is 2. The van der Waals surface area contributed by atoms with Gasteiger partial charge in [0.15, 0.2) is 0 Å². The normalized spacial score (nSPS) is 11.4. The number of aryl methyl sites for hydroxylation is 1. The zero-order valence-electron chi connectivity index (χ0n) is 12.1. The van der Waals surface area contributed by atoms with Crippen molar-refractivity contribution in [1.82, 2.24) is 0 Å². The lowest BCUT2D eigenvalue weighted by atomic mass is 9.90. The number of nitrogens with two attached hydrogens (primary N) is 1. The van der Waals surface area contributed by atoms with Crippen LogP contribution >= 0.6 is 0 Å². The van der Waals surface area contributed by atoms with Gasteiger partial charge >= 0.3 is 0 Å². The van der Waals surface area contributed by atoms with Crippen LogP contribution in [0.3, 0.4) is 0 Å². The molecule has 0 atom stereocenters. The van der Waals surface area contributed by atoms with Crippen molar-refractivity contribution in [2.45, 2.75) is 47.5 Å². The summed E-state index contributed by atoms with van der Waals surface area (Å²) in [5, 5.41) is 2.93. The van der Waals surface area contributed by atoms with Crippen LogP contribution in [0.15, 0.2) is 12.1 Å². The molecule has 1 amide bonds. The van der Waals surface area contributed by atoms with Gasteiger partial charge in [-0.3, -0.25) is 4.79 Å². The molecule has 0 heterocycles. The lowest BCUT2D eigenvalue weighted by Crippen LogP contribution is -2.17. The van der Waals surface area contributed by atoms with Gasteiger partial charge in [0.25, 0.3) is 0 Å². The first-order valence-electron chi connectivity index (χ1n) is 6.36. The van der Waals surface area contributed by atoms with E-state index >= 15 is 0 Å². The van der Waals surface area contributed by atoms with Crippen molar-refractivity contribution in [2.24, 2.45) is 5.41 Å². The van der Waals surface area contributed by atoms with Crippen LogP contribution in [-0.2, 0) is 4.79 Å². The molecule has 3 N–H and O–H groups in total. The van der Waals surface area contributed by atoms with Crippen molar-refractivity contribution in [3.63, 3.8) is 0 Å². The van der Waals surface area contributed by atoms with Crippen molar-refractivity contribution in [2.75, 3.05) is 11.1 Å². The minimum absolute atomic E-state index is 0.0327. The second-order valence-electron chi connectivity index (χ2n) is 6.08. The minimum atomic E-state index is 0.0327. The summed E-state index contributed by atoms with van der Waals surface area (Å²) in [5.74, 6) is 0.0327. The van der Waals surface area contributed by atoms with E-state index in [9.17, 15) is 4.79 Å². The molecule has 0 spiro atoms. The van der Waals surface area contributed by atoms with E-state index in [1.165, 1.54) is 0 Å². The van der Waals surface area contributed by atoms with E-state index in [-0.39, 0.29) is 11.3 Å². The van der Waals surface area contributed by atoms with E-state index in [0.29, 0.717) is 12.1 Å². The van der Waals surface area contributed by atoms with Crippen molar-refractivity contribution in [3.8, 4) is 0 Å². The number of hydrogen-bond donors (Lipinski definition) is 2. The maximum Gasteiger partial charge on any atom is 0.224 e. The van der Waals surface area contributed by atoms with Crippen molar-refractivity contribution in [1.29, 1.82) is 0 Å². The maximum atomic E-state index is 11.9. The number of nitrogen functional groups attached to an aromatic ring is 1. The highest BCUT2D eigenvalue weighted by atomic mass is 16.1. The molecule has 0 unspecified atom stereocenters. The molecule has 0 fully saturated rings. The zero-order chi connectivity index (χ0) is 13.9. The van der Waals surface area contributed by atoms with E-state index in [4.69, 9.17) is 5.73 Å². The molecule has 0 aromatic heterocycles. The van der Waals surface area contributed by atoms with Crippen LogP contribution in [-0.4, -0.2) is 5.91 Å². The first-order chi connectivity index (χ1) is 8.20. The third-order valence-corrected chi connectivity index (χ3v) is 3.13.